The molecule has 2 rings (SSSR count). The van der Waals surface area contributed by atoms with Crippen LogP contribution >= 0.6 is 23.2 Å². The van der Waals surface area contributed by atoms with E-state index in [1.807, 2.05) is 19.2 Å². The molecule has 0 atom stereocenters. The Hall–Kier alpha value is -1.02. The van der Waals surface area contributed by atoms with E-state index in [0.717, 1.165) is 12.1 Å². The third-order valence-corrected chi connectivity index (χ3v) is 3.28. The van der Waals surface area contributed by atoms with Crippen molar-refractivity contribution in [3.8, 4) is 11.1 Å². The van der Waals surface area contributed by atoms with Gasteiger partial charge in [-0.1, -0.05) is 41.4 Å². The highest BCUT2D eigenvalue weighted by Crippen LogP contribution is 2.29. The average Bonchev–Trinajstić information content (AvgIpc) is 2.28. The van der Waals surface area contributed by atoms with Crippen LogP contribution in [0.5, 0.6) is 0 Å². The number of rotatable bonds is 3. The Kier molecular flexibility index (Phi) is 4.28. The van der Waals surface area contributed by atoms with E-state index in [1.54, 1.807) is 6.07 Å². The Morgan fingerprint density at radius 1 is 1.00 bits per heavy atom. The topological polar surface area (TPSA) is 12.0 Å². The number of halogens is 2. The molecule has 0 aliphatic rings. The number of hydrogen-bond donors (Lipinski definition) is 1. The first-order valence-electron chi connectivity index (χ1n) is 5.81. The molecule has 0 aliphatic heterocycles. The van der Waals surface area contributed by atoms with Crippen LogP contribution in [0.3, 0.4) is 0 Å². The summed E-state index contributed by atoms with van der Waals surface area (Å²) in [7, 11) is 1.94. The molecule has 0 aromatic heterocycles. The fourth-order valence-corrected chi connectivity index (χ4v) is 2.60. The van der Waals surface area contributed by atoms with Gasteiger partial charge in [-0.05, 0) is 54.4 Å². The molecule has 18 heavy (non-hydrogen) atoms. The molecule has 0 aliphatic carbocycles. The molecule has 0 amide bonds. The van der Waals surface area contributed by atoms with E-state index < -0.39 is 0 Å². The van der Waals surface area contributed by atoms with Gasteiger partial charge in [0, 0.05) is 16.6 Å². The Bertz CT molecular complexity index is 544. The van der Waals surface area contributed by atoms with Crippen LogP contribution < -0.4 is 5.32 Å². The second-order valence-corrected chi connectivity index (χ2v) is 5.21. The summed E-state index contributed by atoms with van der Waals surface area (Å²) >= 11 is 12.1. The SMILES string of the molecule is CNCc1ccc(-c2cc(Cl)cc(Cl)c2)c(C)c1. The van der Waals surface area contributed by atoms with Gasteiger partial charge < -0.3 is 5.32 Å². The molecule has 94 valence electrons. The fourth-order valence-electron chi connectivity index (χ4n) is 2.07. The zero-order valence-electron chi connectivity index (χ0n) is 10.4. The molecule has 0 spiro atoms. The first kappa shape index (κ1) is 13.4. The van der Waals surface area contributed by atoms with Gasteiger partial charge in [0.2, 0.25) is 0 Å². The third-order valence-electron chi connectivity index (χ3n) is 2.85. The van der Waals surface area contributed by atoms with Gasteiger partial charge in [-0.25, -0.2) is 0 Å². The molecule has 0 fully saturated rings. The number of nitrogens with one attached hydrogen (secondary N) is 1. The summed E-state index contributed by atoms with van der Waals surface area (Å²) in [5.74, 6) is 0. The Balaban J connectivity index is 2.44. The lowest BCUT2D eigenvalue weighted by molar-refractivity contribution is 0.817. The zero-order chi connectivity index (χ0) is 13.1. The molecular formula is C15H15Cl2N. The van der Waals surface area contributed by atoms with Crippen molar-refractivity contribution < 1.29 is 0 Å². The third kappa shape index (κ3) is 3.05. The highest BCUT2D eigenvalue weighted by molar-refractivity contribution is 6.35. The largest absolute Gasteiger partial charge is 0.316 e. The van der Waals surface area contributed by atoms with E-state index in [-0.39, 0.29) is 0 Å². The summed E-state index contributed by atoms with van der Waals surface area (Å²) < 4.78 is 0. The number of benzene rings is 2. The summed E-state index contributed by atoms with van der Waals surface area (Å²) in [6, 6.07) is 12.0. The lowest BCUT2D eigenvalue weighted by atomic mass is 9.98. The highest BCUT2D eigenvalue weighted by atomic mass is 35.5. The van der Waals surface area contributed by atoms with Crippen LogP contribution in [0.15, 0.2) is 36.4 Å². The summed E-state index contributed by atoms with van der Waals surface area (Å²) in [5.41, 5.74) is 4.72. The molecule has 2 aromatic rings. The second kappa shape index (κ2) is 5.75. The van der Waals surface area contributed by atoms with Crippen molar-refractivity contribution in [3.05, 3.63) is 57.6 Å². The van der Waals surface area contributed by atoms with Gasteiger partial charge in [0.25, 0.3) is 0 Å². The van der Waals surface area contributed by atoms with Crippen LogP contribution in [0.1, 0.15) is 11.1 Å². The zero-order valence-corrected chi connectivity index (χ0v) is 11.9. The van der Waals surface area contributed by atoms with E-state index in [2.05, 4.69) is 30.4 Å². The summed E-state index contributed by atoms with van der Waals surface area (Å²) in [6.07, 6.45) is 0. The minimum Gasteiger partial charge on any atom is -0.316 e. The minimum absolute atomic E-state index is 0.663. The van der Waals surface area contributed by atoms with Crippen LogP contribution in [-0.2, 0) is 6.54 Å². The van der Waals surface area contributed by atoms with Gasteiger partial charge in [0.15, 0.2) is 0 Å². The molecule has 1 N–H and O–H groups in total. The maximum Gasteiger partial charge on any atom is 0.0426 e. The Labute approximate surface area is 118 Å². The summed E-state index contributed by atoms with van der Waals surface area (Å²) in [4.78, 5) is 0. The maximum atomic E-state index is 6.04. The van der Waals surface area contributed by atoms with E-state index in [1.165, 1.54) is 16.7 Å². The van der Waals surface area contributed by atoms with Crippen LogP contribution in [0.4, 0.5) is 0 Å². The molecule has 0 unspecified atom stereocenters. The number of hydrogen-bond acceptors (Lipinski definition) is 1. The number of aryl methyl sites for hydroxylation is 1. The van der Waals surface area contributed by atoms with Gasteiger partial charge in [-0.15, -0.1) is 0 Å². The molecule has 0 radical (unpaired) electrons. The van der Waals surface area contributed by atoms with Gasteiger partial charge in [0.1, 0.15) is 0 Å². The van der Waals surface area contributed by atoms with Crippen molar-refractivity contribution in [3.63, 3.8) is 0 Å². The molecular weight excluding hydrogens is 265 g/mol. The average molecular weight is 280 g/mol. The quantitative estimate of drug-likeness (QED) is 0.860. The van der Waals surface area contributed by atoms with Crippen molar-refractivity contribution in [1.29, 1.82) is 0 Å². The van der Waals surface area contributed by atoms with Crippen molar-refractivity contribution >= 4 is 23.2 Å². The Morgan fingerprint density at radius 2 is 1.67 bits per heavy atom. The van der Waals surface area contributed by atoms with E-state index in [0.29, 0.717) is 10.0 Å². The van der Waals surface area contributed by atoms with Crippen LogP contribution in [-0.4, -0.2) is 7.05 Å². The Morgan fingerprint density at radius 3 is 2.22 bits per heavy atom. The minimum atomic E-state index is 0.663. The predicted molar refractivity (Wildman–Crippen MR) is 79.4 cm³/mol. The standard InChI is InChI=1S/C15H15Cl2N/c1-10-5-11(9-18-2)3-4-15(10)12-6-13(16)8-14(17)7-12/h3-8,18H,9H2,1-2H3. The maximum absolute atomic E-state index is 6.04. The monoisotopic (exact) mass is 279 g/mol. The molecule has 1 nitrogen and oxygen atoms in total. The van der Waals surface area contributed by atoms with E-state index >= 15 is 0 Å². The second-order valence-electron chi connectivity index (χ2n) is 4.34. The molecule has 0 heterocycles. The first-order chi connectivity index (χ1) is 8.60. The van der Waals surface area contributed by atoms with Crippen molar-refractivity contribution in [2.45, 2.75) is 13.5 Å². The van der Waals surface area contributed by atoms with Gasteiger partial charge in [0.05, 0.1) is 0 Å². The fraction of sp³-hybridized carbons (Fsp3) is 0.200. The molecule has 2 aromatic carbocycles. The van der Waals surface area contributed by atoms with Crippen LogP contribution in [0, 0.1) is 6.92 Å². The molecule has 3 heteroatoms. The lowest BCUT2D eigenvalue weighted by Crippen LogP contribution is -2.05. The molecule has 0 saturated carbocycles. The summed E-state index contributed by atoms with van der Waals surface area (Å²) in [5, 5.41) is 4.47. The van der Waals surface area contributed by atoms with Crippen LogP contribution in [0.25, 0.3) is 11.1 Å². The lowest BCUT2D eigenvalue weighted by Gasteiger charge is -2.09. The van der Waals surface area contributed by atoms with Gasteiger partial charge >= 0.3 is 0 Å². The first-order valence-corrected chi connectivity index (χ1v) is 6.56. The highest BCUT2D eigenvalue weighted by Gasteiger charge is 2.05. The molecule has 0 saturated heterocycles. The summed E-state index contributed by atoms with van der Waals surface area (Å²) in [6.45, 7) is 2.97. The van der Waals surface area contributed by atoms with Crippen LogP contribution in [0.2, 0.25) is 10.0 Å². The van der Waals surface area contributed by atoms with E-state index in [9.17, 15) is 0 Å². The van der Waals surface area contributed by atoms with Crippen molar-refractivity contribution in [2.24, 2.45) is 0 Å². The van der Waals surface area contributed by atoms with Crippen molar-refractivity contribution in [1.82, 2.24) is 5.32 Å². The smallest absolute Gasteiger partial charge is 0.0426 e. The predicted octanol–water partition coefficient (Wildman–Crippen LogP) is 4.69. The van der Waals surface area contributed by atoms with E-state index in [4.69, 9.17) is 23.2 Å². The van der Waals surface area contributed by atoms with Gasteiger partial charge in [-0.3, -0.25) is 0 Å². The normalized spacial score (nSPS) is 10.7. The molecule has 0 bridgehead atoms. The van der Waals surface area contributed by atoms with Crippen molar-refractivity contribution in [2.75, 3.05) is 7.05 Å². The van der Waals surface area contributed by atoms with Gasteiger partial charge in [-0.2, -0.15) is 0 Å².